The number of methoxy groups -OCH3 is 1. The van der Waals surface area contributed by atoms with Crippen LogP contribution < -0.4 is 4.74 Å². The molecular formula is C19H20BrClN2OS. The van der Waals surface area contributed by atoms with Gasteiger partial charge in [0.25, 0.3) is 0 Å². The molecule has 0 atom stereocenters. The fourth-order valence-electron chi connectivity index (χ4n) is 3.05. The third kappa shape index (κ3) is 4.53. The van der Waals surface area contributed by atoms with Crippen LogP contribution in [0.25, 0.3) is 0 Å². The van der Waals surface area contributed by atoms with Gasteiger partial charge in [0.05, 0.1) is 17.1 Å². The largest absolute Gasteiger partial charge is 0.495 e. The van der Waals surface area contributed by atoms with Crippen molar-refractivity contribution < 1.29 is 4.74 Å². The van der Waals surface area contributed by atoms with Crippen molar-refractivity contribution in [2.24, 2.45) is 0 Å². The van der Waals surface area contributed by atoms with Crippen LogP contribution in [0.4, 0.5) is 0 Å². The summed E-state index contributed by atoms with van der Waals surface area (Å²) in [6.45, 7) is 4.75. The molecule has 0 aromatic heterocycles. The second-order valence-electron chi connectivity index (χ2n) is 6.02. The molecule has 1 heterocycles. The average molecular weight is 440 g/mol. The molecule has 132 valence electrons. The van der Waals surface area contributed by atoms with Gasteiger partial charge in [-0.3, -0.25) is 4.90 Å². The van der Waals surface area contributed by atoms with Crippen molar-refractivity contribution in [1.82, 2.24) is 9.80 Å². The highest BCUT2D eigenvalue weighted by Crippen LogP contribution is 2.33. The number of piperazine rings is 1. The normalized spacial score (nSPS) is 15.2. The Bertz CT molecular complexity index is 749. The first-order valence-electron chi connectivity index (χ1n) is 8.17. The molecule has 0 N–H and O–H groups in total. The van der Waals surface area contributed by atoms with Gasteiger partial charge in [0.1, 0.15) is 10.7 Å². The number of halogens is 2. The molecule has 3 rings (SSSR count). The summed E-state index contributed by atoms with van der Waals surface area (Å²) in [7, 11) is 1.65. The Morgan fingerprint density at radius 1 is 1.16 bits per heavy atom. The molecule has 6 heteroatoms. The molecule has 3 nitrogen and oxygen atoms in total. The summed E-state index contributed by atoms with van der Waals surface area (Å²) in [5, 5.41) is 0.646. The van der Waals surface area contributed by atoms with Crippen LogP contribution in [0, 0.1) is 0 Å². The first kappa shape index (κ1) is 18.6. The molecule has 1 aliphatic heterocycles. The summed E-state index contributed by atoms with van der Waals surface area (Å²) in [6.07, 6.45) is 0. The highest BCUT2D eigenvalue weighted by molar-refractivity contribution is 9.10. The Morgan fingerprint density at radius 3 is 2.48 bits per heavy atom. The molecule has 0 saturated carbocycles. The standard InChI is InChI=1S/C19H20BrClN2OS/c1-24-18-16(11-15(21)12-17(18)20)19(25)23-9-7-22(8-10-23)13-14-5-3-2-4-6-14/h2-6,11-12H,7-10,13H2,1H3. The van der Waals surface area contributed by atoms with E-state index in [9.17, 15) is 0 Å². The summed E-state index contributed by atoms with van der Waals surface area (Å²) in [5.74, 6) is 0.737. The van der Waals surface area contributed by atoms with Crippen molar-refractivity contribution in [3.8, 4) is 5.75 Å². The number of nitrogens with zero attached hydrogens (tertiary/aromatic N) is 2. The summed E-state index contributed by atoms with van der Waals surface area (Å²) < 4.78 is 6.33. The maximum atomic E-state index is 6.20. The van der Waals surface area contributed by atoms with Gasteiger partial charge in [0.15, 0.2) is 0 Å². The minimum atomic E-state index is 0.646. The van der Waals surface area contributed by atoms with E-state index in [0.717, 1.165) is 53.5 Å². The van der Waals surface area contributed by atoms with E-state index in [2.05, 4.69) is 56.1 Å². The van der Waals surface area contributed by atoms with Crippen LogP contribution in [0.15, 0.2) is 46.9 Å². The van der Waals surface area contributed by atoms with Gasteiger partial charge in [-0.25, -0.2) is 0 Å². The van der Waals surface area contributed by atoms with E-state index < -0.39 is 0 Å². The van der Waals surface area contributed by atoms with E-state index >= 15 is 0 Å². The van der Waals surface area contributed by atoms with E-state index in [1.807, 2.05) is 12.1 Å². The summed E-state index contributed by atoms with van der Waals surface area (Å²) in [6, 6.07) is 14.3. The molecule has 0 aliphatic carbocycles. The SMILES string of the molecule is COc1c(Br)cc(Cl)cc1C(=S)N1CCN(Cc2ccccc2)CC1. The summed E-state index contributed by atoms with van der Waals surface area (Å²) >= 11 is 15.4. The zero-order chi connectivity index (χ0) is 17.8. The minimum absolute atomic E-state index is 0.646. The lowest BCUT2D eigenvalue weighted by molar-refractivity contribution is 0.177. The zero-order valence-corrected chi connectivity index (χ0v) is 17.2. The van der Waals surface area contributed by atoms with E-state index in [1.165, 1.54) is 5.56 Å². The van der Waals surface area contributed by atoms with E-state index in [1.54, 1.807) is 7.11 Å². The van der Waals surface area contributed by atoms with Crippen LogP contribution in [0.5, 0.6) is 5.75 Å². The van der Waals surface area contributed by atoms with Gasteiger partial charge in [-0.2, -0.15) is 0 Å². The van der Waals surface area contributed by atoms with Crippen molar-refractivity contribution in [2.45, 2.75) is 6.54 Å². The first-order valence-corrected chi connectivity index (χ1v) is 9.75. The molecule has 1 fully saturated rings. The van der Waals surface area contributed by atoms with Crippen molar-refractivity contribution in [3.05, 3.63) is 63.1 Å². The molecule has 0 amide bonds. The van der Waals surface area contributed by atoms with Crippen LogP contribution >= 0.6 is 39.7 Å². The van der Waals surface area contributed by atoms with Crippen molar-refractivity contribution >= 4 is 44.7 Å². The lowest BCUT2D eigenvalue weighted by Gasteiger charge is -2.36. The van der Waals surface area contributed by atoms with E-state index in [4.69, 9.17) is 28.6 Å². The molecule has 1 aliphatic rings. The molecule has 0 unspecified atom stereocenters. The quantitative estimate of drug-likeness (QED) is 0.646. The van der Waals surface area contributed by atoms with E-state index in [-0.39, 0.29) is 0 Å². The molecule has 0 bridgehead atoms. The topological polar surface area (TPSA) is 15.7 Å². The Hall–Kier alpha value is -1.14. The zero-order valence-electron chi connectivity index (χ0n) is 14.0. The number of ether oxygens (including phenoxy) is 1. The third-order valence-corrected chi connectivity index (χ3v) is 5.64. The van der Waals surface area contributed by atoms with Crippen molar-refractivity contribution in [1.29, 1.82) is 0 Å². The van der Waals surface area contributed by atoms with E-state index in [0.29, 0.717) is 5.02 Å². The molecular weight excluding hydrogens is 420 g/mol. The van der Waals surface area contributed by atoms with Crippen LogP contribution in [-0.4, -0.2) is 48.1 Å². The van der Waals surface area contributed by atoms with Crippen LogP contribution in [0.2, 0.25) is 5.02 Å². The van der Waals surface area contributed by atoms with Gasteiger partial charge in [-0.15, -0.1) is 0 Å². The number of hydrogen-bond donors (Lipinski definition) is 0. The van der Waals surface area contributed by atoms with Gasteiger partial charge in [0, 0.05) is 37.7 Å². The summed E-state index contributed by atoms with van der Waals surface area (Å²) in [4.78, 5) is 5.48. The minimum Gasteiger partial charge on any atom is -0.495 e. The van der Waals surface area contributed by atoms with Gasteiger partial charge in [-0.1, -0.05) is 54.2 Å². The molecule has 25 heavy (non-hydrogen) atoms. The maximum Gasteiger partial charge on any atom is 0.143 e. The Morgan fingerprint density at radius 2 is 1.84 bits per heavy atom. The Labute approximate surface area is 167 Å². The molecule has 2 aromatic carbocycles. The van der Waals surface area contributed by atoms with Crippen molar-refractivity contribution in [3.63, 3.8) is 0 Å². The Balaban J connectivity index is 1.66. The fraction of sp³-hybridized carbons (Fsp3) is 0.316. The number of rotatable bonds is 4. The molecule has 0 radical (unpaired) electrons. The maximum absolute atomic E-state index is 6.20. The van der Waals surface area contributed by atoms with Crippen LogP contribution in [0.3, 0.4) is 0 Å². The second kappa shape index (κ2) is 8.49. The number of hydrogen-bond acceptors (Lipinski definition) is 3. The Kier molecular flexibility index (Phi) is 6.34. The van der Waals surface area contributed by atoms with Crippen molar-refractivity contribution in [2.75, 3.05) is 33.3 Å². The van der Waals surface area contributed by atoms with Crippen LogP contribution in [0.1, 0.15) is 11.1 Å². The predicted molar refractivity (Wildman–Crippen MR) is 111 cm³/mol. The van der Waals surface area contributed by atoms with Gasteiger partial charge in [0.2, 0.25) is 0 Å². The van der Waals surface area contributed by atoms with Gasteiger partial charge in [-0.05, 0) is 33.6 Å². The lowest BCUT2D eigenvalue weighted by Crippen LogP contribution is -2.48. The van der Waals surface area contributed by atoms with Crippen LogP contribution in [-0.2, 0) is 6.54 Å². The molecule has 1 saturated heterocycles. The van der Waals surface area contributed by atoms with Gasteiger partial charge < -0.3 is 9.64 Å². The predicted octanol–water partition coefficient (Wildman–Crippen LogP) is 4.60. The summed E-state index contributed by atoms with van der Waals surface area (Å²) in [5.41, 5.74) is 2.22. The lowest BCUT2D eigenvalue weighted by atomic mass is 10.1. The average Bonchev–Trinajstić information content (AvgIpc) is 2.62. The first-order chi connectivity index (χ1) is 12.1. The monoisotopic (exact) mass is 438 g/mol. The molecule has 2 aromatic rings. The third-order valence-electron chi connectivity index (χ3n) is 4.35. The number of benzene rings is 2. The molecule has 0 spiro atoms. The number of thiocarbonyl (C=S) groups is 1. The second-order valence-corrected chi connectivity index (χ2v) is 7.70. The highest BCUT2D eigenvalue weighted by atomic mass is 79.9. The fourth-order valence-corrected chi connectivity index (χ4v) is 4.35. The smallest absolute Gasteiger partial charge is 0.143 e. The van der Waals surface area contributed by atoms with Gasteiger partial charge >= 0.3 is 0 Å². The highest BCUT2D eigenvalue weighted by Gasteiger charge is 2.23.